The zero-order valence-corrected chi connectivity index (χ0v) is 23.9. The van der Waals surface area contributed by atoms with E-state index < -0.39 is 38.8 Å². The normalized spacial score (nSPS) is 18.3. The largest absolute Gasteiger partial charge is 0.492 e. The second-order valence-corrected chi connectivity index (χ2v) is 12.7. The molecule has 0 fully saturated rings. The Labute approximate surface area is 228 Å². The van der Waals surface area contributed by atoms with Gasteiger partial charge in [-0.05, 0) is 30.2 Å². The van der Waals surface area contributed by atoms with E-state index in [-0.39, 0.29) is 30.6 Å². The van der Waals surface area contributed by atoms with Crippen LogP contribution >= 0.6 is 34.8 Å². The van der Waals surface area contributed by atoms with Crippen LogP contribution in [0.1, 0.15) is 39.7 Å². The van der Waals surface area contributed by atoms with Crippen molar-refractivity contribution in [2.75, 3.05) is 30.6 Å². The van der Waals surface area contributed by atoms with Crippen molar-refractivity contribution in [2.24, 2.45) is 0 Å². The van der Waals surface area contributed by atoms with Crippen LogP contribution < -0.4 is 4.74 Å². The molecule has 1 aliphatic carbocycles. The number of rotatable bonds is 13. The van der Waals surface area contributed by atoms with Crippen molar-refractivity contribution in [1.29, 1.82) is 0 Å². The van der Waals surface area contributed by atoms with Gasteiger partial charge in [-0.25, -0.2) is 8.42 Å². The van der Waals surface area contributed by atoms with E-state index in [1.807, 2.05) is 18.2 Å². The van der Waals surface area contributed by atoms with Crippen molar-refractivity contribution in [3.05, 3.63) is 52.3 Å². The number of hydrogen-bond donors (Lipinski definition) is 1. The van der Waals surface area contributed by atoms with Crippen LogP contribution in [0.4, 0.5) is 0 Å². The minimum Gasteiger partial charge on any atom is -0.492 e. The molecule has 36 heavy (non-hydrogen) atoms. The number of sulfone groups is 1. The van der Waals surface area contributed by atoms with E-state index in [1.54, 1.807) is 19.1 Å². The molecular formula is C25H33Cl3O7S. The van der Waals surface area contributed by atoms with Gasteiger partial charge in [0.1, 0.15) is 36.9 Å². The summed E-state index contributed by atoms with van der Waals surface area (Å²) in [5.41, 5.74) is 1.58. The number of hydrogen-bond acceptors (Lipinski definition) is 7. The summed E-state index contributed by atoms with van der Waals surface area (Å²) in [6.07, 6.45) is 0.638. The number of alkyl halides is 2. The molecule has 0 bridgehead atoms. The molecule has 0 saturated heterocycles. The summed E-state index contributed by atoms with van der Waals surface area (Å²) in [6, 6.07) is 7.36. The molecule has 202 valence electrons. The van der Waals surface area contributed by atoms with Crippen LogP contribution in [0.15, 0.2) is 46.7 Å². The third-order valence-corrected chi connectivity index (χ3v) is 8.62. The molecular weight excluding hydrogens is 551 g/mol. The number of carbonyl (C=O) groups excluding carboxylic acids is 1. The van der Waals surface area contributed by atoms with Crippen molar-refractivity contribution in [2.45, 2.75) is 57.1 Å². The van der Waals surface area contributed by atoms with Crippen LogP contribution in [-0.4, -0.2) is 67.7 Å². The minimum atomic E-state index is -3.35. The average Bonchev–Trinajstić information content (AvgIpc) is 2.81. The molecule has 11 heteroatoms. The molecule has 1 aromatic rings. The van der Waals surface area contributed by atoms with Gasteiger partial charge in [-0.3, -0.25) is 4.79 Å². The van der Waals surface area contributed by atoms with Crippen molar-refractivity contribution in [1.82, 2.24) is 0 Å². The summed E-state index contributed by atoms with van der Waals surface area (Å²) in [5, 5.41) is 9.53. The summed E-state index contributed by atoms with van der Waals surface area (Å²) >= 11 is 18.6. The molecule has 1 aliphatic rings. The number of allylic oxidation sites excluding steroid dienone is 4. The third kappa shape index (κ3) is 8.84. The molecule has 7 nitrogen and oxygen atoms in total. The maximum absolute atomic E-state index is 12.0. The van der Waals surface area contributed by atoms with Crippen molar-refractivity contribution in [3.8, 4) is 5.75 Å². The van der Waals surface area contributed by atoms with E-state index in [1.165, 1.54) is 6.92 Å². The van der Waals surface area contributed by atoms with Gasteiger partial charge in [0, 0.05) is 18.1 Å². The quantitative estimate of drug-likeness (QED) is 0.265. The van der Waals surface area contributed by atoms with Gasteiger partial charge in [-0.2, -0.15) is 0 Å². The van der Waals surface area contributed by atoms with Gasteiger partial charge < -0.3 is 19.3 Å². The Morgan fingerprint density at radius 1 is 1.19 bits per heavy atom. The second kappa shape index (κ2) is 13.4. The number of aliphatic hydroxyl groups excluding tert-OH is 1. The summed E-state index contributed by atoms with van der Waals surface area (Å²) in [4.78, 5) is 11.4. The molecule has 3 unspecified atom stereocenters. The summed E-state index contributed by atoms with van der Waals surface area (Å²) in [5.74, 6) is 0.0659. The highest BCUT2D eigenvalue weighted by Gasteiger charge is 2.33. The maximum Gasteiger partial charge on any atom is 0.303 e. The lowest BCUT2D eigenvalue weighted by molar-refractivity contribution is -0.146. The van der Waals surface area contributed by atoms with Gasteiger partial charge in [0.25, 0.3) is 0 Å². The van der Waals surface area contributed by atoms with E-state index >= 15 is 0 Å². The zero-order valence-electron chi connectivity index (χ0n) is 20.8. The number of aliphatic hydroxyl groups is 1. The number of benzene rings is 1. The standard InChI is InChI=1S/C25H33Cl3O7S/c1-5-36(31,32)15-21(35-16(2)29)14-33-20-8-6-17(7-9-20)25(3,4)18-10-22(27)24(23(28)11-18)34-13-19(30)12-26/h6-10,19,21,23,30H,5,11-15H2,1-4H3. The highest BCUT2D eigenvalue weighted by atomic mass is 35.5. The smallest absolute Gasteiger partial charge is 0.303 e. The van der Waals surface area contributed by atoms with Gasteiger partial charge in [0.15, 0.2) is 9.84 Å². The Balaban J connectivity index is 2.13. The van der Waals surface area contributed by atoms with Crippen LogP contribution in [0.3, 0.4) is 0 Å². The van der Waals surface area contributed by atoms with Gasteiger partial charge in [-0.1, -0.05) is 50.1 Å². The number of carbonyl (C=O) groups is 1. The van der Waals surface area contributed by atoms with E-state index in [0.717, 1.165) is 11.1 Å². The lowest BCUT2D eigenvalue weighted by atomic mass is 9.74. The molecule has 0 aliphatic heterocycles. The van der Waals surface area contributed by atoms with Crippen LogP contribution in [0.5, 0.6) is 5.75 Å². The van der Waals surface area contributed by atoms with Crippen molar-refractivity contribution >= 4 is 50.6 Å². The first-order valence-electron chi connectivity index (χ1n) is 11.5. The first-order chi connectivity index (χ1) is 16.8. The molecule has 0 amide bonds. The Morgan fingerprint density at radius 3 is 2.36 bits per heavy atom. The van der Waals surface area contributed by atoms with E-state index in [4.69, 9.17) is 49.0 Å². The second-order valence-electron chi connectivity index (χ2n) is 9.06. The third-order valence-electron chi connectivity index (χ3n) is 5.86. The molecule has 0 saturated carbocycles. The molecule has 0 spiro atoms. The summed E-state index contributed by atoms with van der Waals surface area (Å²) < 4.78 is 40.4. The zero-order chi connectivity index (χ0) is 27.1. The summed E-state index contributed by atoms with van der Waals surface area (Å²) in [6.45, 7) is 6.80. The molecule has 0 heterocycles. The average molecular weight is 584 g/mol. The van der Waals surface area contributed by atoms with Crippen molar-refractivity contribution in [3.63, 3.8) is 0 Å². The van der Waals surface area contributed by atoms with Crippen LogP contribution in [-0.2, 0) is 29.5 Å². The minimum absolute atomic E-state index is 0.00892. The molecule has 1 aromatic carbocycles. The molecule has 0 aromatic heterocycles. The SMILES string of the molecule is CCS(=O)(=O)CC(COc1ccc(C(C)(C)C2=CC(Cl)=C(OCC(O)CCl)C(Cl)C2)cc1)OC(C)=O. The van der Waals surface area contributed by atoms with Crippen LogP contribution in [0, 0.1) is 0 Å². The first-order valence-corrected chi connectivity index (χ1v) is 14.7. The van der Waals surface area contributed by atoms with Gasteiger partial charge in [0.2, 0.25) is 0 Å². The number of ether oxygens (including phenoxy) is 3. The predicted octanol–water partition coefficient (Wildman–Crippen LogP) is 4.71. The lowest BCUT2D eigenvalue weighted by Crippen LogP contribution is -2.32. The Kier molecular flexibility index (Phi) is 11.4. The maximum atomic E-state index is 12.0. The fourth-order valence-corrected chi connectivity index (χ4v) is 5.41. The van der Waals surface area contributed by atoms with Crippen molar-refractivity contribution < 1.29 is 32.5 Å². The Bertz CT molecular complexity index is 1070. The Morgan fingerprint density at radius 2 is 1.83 bits per heavy atom. The molecule has 0 radical (unpaired) electrons. The number of esters is 1. The molecule has 1 N–H and O–H groups in total. The van der Waals surface area contributed by atoms with E-state index in [9.17, 15) is 18.3 Å². The van der Waals surface area contributed by atoms with Crippen LogP contribution in [0.2, 0.25) is 0 Å². The Hall–Kier alpha value is -1.45. The lowest BCUT2D eigenvalue weighted by Gasteiger charge is -2.33. The fraction of sp³-hybridized carbons (Fsp3) is 0.560. The van der Waals surface area contributed by atoms with E-state index in [0.29, 0.717) is 23.0 Å². The highest BCUT2D eigenvalue weighted by Crippen LogP contribution is 2.41. The number of halogens is 3. The van der Waals surface area contributed by atoms with Gasteiger partial charge >= 0.3 is 5.97 Å². The molecule has 2 rings (SSSR count). The highest BCUT2D eigenvalue weighted by molar-refractivity contribution is 7.91. The first kappa shape index (κ1) is 30.8. The molecule has 3 atom stereocenters. The summed E-state index contributed by atoms with van der Waals surface area (Å²) in [7, 11) is -3.35. The van der Waals surface area contributed by atoms with Crippen LogP contribution in [0.25, 0.3) is 0 Å². The van der Waals surface area contributed by atoms with E-state index in [2.05, 4.69) is 13.8 Å². The monoisotopic (exact) mass is 582 g/mol. The topological polar surface area (TPSA) is 99.1 Å². The fourth-order valence-electron chi connectivity index (χ4n) is 3.64. The van der Waals surface area contributed by atoms with Gasteiger partial charge in [-0.15, -0.1) is 23.2 Å². The van der Waals surface area contributed by atoms with Gasteiger partial charge in [0.05, 0.1) is 22.0 Å². The predicted molar refractivity (Wildman–Crippen MR) is 143 cm³/mol.